The number of thiazole rings is 1. The van der Waals surface area contributed by atoms with Crippen LogP contribution in [0.1, 0.15) is 17.8 Å². The Kier molecular flexibility index (Phi) is 4.53. The monoisotopic (exact) mass is 434 g/mol. The first-order valence-electron chi connectivity index (χ1n) is 9.41. The molecule has 0 spiro atoms. The second-order valence-electron chi connectivity index (χ2n) is 7.74. The van der Waals surface area contributed by atoms with Gasteiger partial charge in [-0.15, -0.1) is 11.3 Å². The lowest BCUT2D eigenvalue weighted by atomic mass is 10.0. The molecule has 3 aromatic rings. The molecule has 1 aliphatic carbocycles. The first-order chi connectivity index (χ1) is 13.4. The fourth-order valence-corrected chi connectivity index (χ4v) is 8.29. The number of imidazole rings is 1. The summed E-state index contributed by atoms with van der Waals surface area (Å²) in [6, 6.07) is 5.30. The van der Waals surface area contributed by atoms with E-state index in [2.05, 4.69) is 9.97 Å². The number of aryl methyl sites for hydroxylation is 2. The van der Waals surface area contributed by atoms with Gasteiger partial charge >= 0.3 is 0 Å². The van der Waals surface area contributed by atoms with Crippen LogP contribution in [0.25, 0.3) is 10.2 Å². The minimum absolute atomic E-state index is 0.391. The van der Waals surface area contributed by atoms with Crippen molar-refractivity contribution in [2.75, 3.05) is 13.1 Å². The molecule has 2 aromatic heterocycles. The summed E-state index contributed by atoms with van der Waals surface area (Å²) < 4.78 is 31.1. The Morgan fingerprint density at radius 1 is 1.21 bits per heavy atom. The molecule has 1 saturated carbocycles. The van der Waals surface area contributed by atoms with E-state index in [4.69, 9.17) is 0 Å². The van der Waals surface area contributed by atoms with Crippen LogP contribution >= 0.6 is 23.1 Å². The van der Waals surface area contributed by atoms with E-state index in [1.54, 1.807) is 27.8 Å². The Balaban J connectivity index is 1.30. The number of hydrogen-bond donors (Lipinski definition) is 0. The lowest BCUT2D eigenvalue weighted by Crippen LogP contribution is -2.30. The van der Waals surface area contributed by atoms with Gasteiger partial charge < -0.3 is 4.57 Å². The van der Waals surface area contributed by atoms with E-state index in [0.717, 1.165) is 33.2 Å². The van der Waals surface area contributed by atoms with Crippen LogP contribution in [0.3, 0.4) is 0 Å². The van der Waals surface area contributed by atoms with Crippen molar-refractivity contribution in [3.63, 3.8) is 0 Å². The molecule has 3 heterocycles. The Morgan fingerprint density at radius 2 is 1.96 bits per heavy atom. The number of thioether (sulfide) groups is 1. The van der Waals surface area contributed by atoms with E-state index in [1.807, 2.05) is 48.8 Å². The highest BCUT2D eigenvalue weighted by atomic mass is 32.2. The third-order valence-corrected chi connectivity index (χ3v) is 9.91. The molecule has 28 heavy (non-hydrogen) atoms. The lowest BCUT2D eigenvalue weighted by Gasteiger charge is -2.19. The Bertz CT molecular complexity index is 1120. The Morgan fingerprint density at radius 3 is 2.64 bits per heavy atom. The maximum atomic E-state index is 13.2. The maximum absolute atomic E-state index is 13.2. The third kappa shape index (κ3) is 3.18. The van der Waals surface area contributed by atoms with Crippen LogP contribution in [0.15, 0.2) is 40.6 Å². The second kappa shape index (κ2) is 6.83. The van der Waals surface area contributed by atoms with Crippen molar-refractivity contribution in [1.82, 2.24) is 18.8 Å². The van der Waals surface area contributed by atoms with Crippen molar-refractivity contribution in [1.29, 1.82) is 0 Å². The molecule has 1 aliphatic heterocycles. The van der Waals surface area contributed by atoms with Crippen molar-refractivity contribution in [2.45, 2.75) is 35.1 Å². The Hall–Kier alpha value is -1.42. The normalized spacial score (nSPS) is 25.6. The molecule has 0 amide bonds. The smallest absolute Gasteiger partial charge is 0.243 e. The lowest BCUT2D eigenvalue weighted by molar-refractivity contribution is 0.447. The zero-order valence-corrected chi connectivity index (χ0v) is 18.2. The van der Waals surface area contributed by atoms with Gasteiger partial charge in [0.2, 0.25) is 10.0 Å². The summed E-state index contributed by atoms with van der Waals surface area (Å²) in [6.45, 7) is 3.20. The van der Waals surface area contributed by atoms with E-state index in [-0.39, 0.29) is 0 Å². The summed E-state index contributed by atoms with van der Waals surface area (Å²) in [5.74, 6) is 0.892. The predicted octanol–water partition coefficient (Wildman–Crippen LogP) is 3.53. The van der Waals surface area contributed by atoms with Crippen molar-refractivity contribution < 1.29 is 8.42 Å². The largest absolute Gasteiger partial charge is 0.329 e. The summed E-state index contributed by atoms with van der Waals surface area (Å²) in [7, 11) is -1.43. The molecule has 0 unspecified atom stereocenters. The van der Waals surface area contributed by atoms with E-state index in [9.17, 15) is 8.42 Å². The molecule has 9 heteroatoms. The summed E-state index contributed by atoms with van der Waals surface area (Å²) in [5.41, 5.74) is 0.869. The number of benzene rings is 1. The molecule has 6 nitrogen and oxygen atoms in total. The number of aromatic nitrogens is 3. The van der Waals surface area contributed by atoms with Crippen LogP contribution in [-0.2, 0) is 17.1 Å². The van der Waals surface area contributed by atoms with Gasteiger partial charge in [-0.25, -0.2) is 18.4 Å². The highest BCUT2D eigenvalue weighted by molar-refractivity contribution is 7.99. The van der Waals surface area contributed by atoms with Crippen LogP contribution in [0.2, 0.25) is 0 Å². The molecule has 1 aromatic carbocycles. The minimum Gasteiger partial charge on any atom is -0.329 e. The van der Waals surface area contributed by atoms with E-state index in [0.29, 0.717) is 35.1 Å². The molecule has 0 bridgehead atoms. The first-order valence-corrected chi connectivity index (χ1v) is 12.5. The van der Waals surface area contributed by atoms with E-state index in [1.165, 1.54) is 0 Å². The summed E-state index contributed by atoms with van der Waals surface area (Å²) >= 11 is 3.37. The summed E-state index contributed by atoms with van der Waals surface area (Å²) in [6.07, 6.45) is 5.91. The van der Waals surface area contributed by atoms with Crippen LogP contribution in [0.4, 0.5) is 0 Å². The van der Waals surface area contributed by atoms with Crippen LogP contribution in [0, 0.1) is 18.8 Å². The second-order valence-corrected chi connectivity index (χ2v) is 12.2. The van der Waals surface area contributed by atoms with Crippen LogP contribution in [0.5, 0.6) is 0 Å². The molecule has 148 valence electrons. The molecule has 5 rings (SSSR count). The number of rotatable bonds is 4. The van der Waals surface area contributed by atoms with Gasteiger partial charge in [0.1, 0.15) is 0 Å². The maximum Gasteiger partial charge on any atom is 0.243 e. The average molecular weight is 435 g/mol. The minimum atomic E-state index is -3.45. The van der Waals surface area contributed by atoms with Gasteiger partial charge in [-0.1, -0.05) is 11.8 Å². The van der Waals surface area contributed by atoms with Crippen LogP contribution in [-0.4, -0.2) is 45.6 Å². The number of hydrogen-bond acceptors (Lipinski definition) is 6. The van der Waals surface area contributed by atoms with Gasteiger partial charge in [-0.2, -0.15) is 4.31 Å². The standard InChI is InChI=1S/C19H22N4O2S3/c1-12-21-17-4-3-16(9-18(17)26-12)28(24,25)23-10-13-7-15(8-14(13)11-23)27-19-20-5-6-22(19)2/h3-6,9,13-15H,7-8,10-11H2,1-2H3/t13-,14+,15+. The molecule has 0 radical (unpaired) electrons. The molecule has 3 atom stereocenters. The molecular weight excluding hydrogens is 412 g/mol. The van der Waals surface area contributed by atoms with Gasteiger partial charge in [0.05, 0.1) is 20.1 Å². The van der Waals surface area contributed by atoms with E-state index < -0.39 is 10.0 Å². The zero-order chi connectivity index (χ0) is 19.5. The Labute approximate surface area is 173 Å². The fourth-order valence-electron chi connectivity index (χ4n) is 4.44. The molecule has 0 N–H and O–H groups in total. The number of fused-ring (bicyclic) bond motifs is 2. The summed E-state index contributed by atoms with van der Waals surface area (Å²) in [5, 5.41) is 2.52. The molecule has 2 fully saturated rings. The topological polar surface area (TPSA) is 68.1 Å². The molecule has 2 aliphatic rings. The van der Waals surface area contributed by atoms with Crippen LogP contribution < -0.4 is 0 Å². The van der Waals surface area contributed by atoms with Gasteiger partial charge in [0.25, 0.3) is 0 Å². The van der Waals surface area contributed by atoms with E-state index >= 15 is 0 Å². The number of sulfonamides is 1. The zero-order valence-electron chi connectivity index (χ0n) is 15.8. The summed E-state index contributed by atoms with van der Waals surface area (Å²) in [4.78, 5) is 9.23. The molecule has 1 saturated heterocycles. The predicted molar refractivity (Wildman–Crippen MR) is 112 cm³/mol. The molecular formula is C19H22N4O2S3. The van der Waals surface area contributed by atoms with Gasteiger partial charge in [-0.05, 0) is 49.8 Å². The SMILES string of the molecule is Cc1nc2ccc(S(=O)(=O)N3C[C@H]4C[C@H](Sc5nccn5C)C[C@H]4C3)cc2s1. The van der Waals surface area contributed by atoms with Gasteiger partial charge in [0.15, 0.2) is 5.16 Å². The quantitative estimate of drug-likeness (QED) is 0.628. The highest BCUT2D eigenvalue weighted by Crippen LogP contribution is 2.45. The van der Waals surface area contributed by atoms with Gasteiger partial charge in [0, 0.05) is 37.8 Å². The van der Waals surface area contributed by atoms with Crippen molar-refractivity contribution >= 4 is 43.3 Å². The van der Waals surface area contributed by atoms with Gasteiger partial charge in [-0.3, -0.25) is 0 Å². The highest BCUT2D eigenvalue weighted by Gasteiger charge is 2.45. The van der Waals surface area contributed by atoms with Crippen molar-refractivity contribution in [2.24, 2.45) is 18.9 Å². The van der Waals surface area contributed by atoms with Crippen molar-refractivity contribution in [3.8, 4) is 0 Å². The number of nitrogens with zero attached hydrogens (tertiary/aromatic N) is 4. The first kappa shape index (κ1) is 18.6. The van der Waals surface area contributed by atoms with Crippen molar-refractivity contribution in [3.05, 3.63) is 35.6 Å². The fraction of sp³-hybridized carbons (Fsp3) is 0.474. The third-order valence-electron chi connectivity index (χ3n) is 5.83. The average Bonchev–Trinajstić information content (AvgIpc) is 3.38.